The number of para-hydroxylation sites is 1. The SMILES string of the molecule is C=C1C2c3c(C(F)F)nn(CC(=O)NC(Cc4cc(F)cc(F)c4)c4nc(C#CC(C)(C)O)ccc4-c4cccc5c(N)nn(C)c45)c3C(F)(F)C12. The zero-order valence-electron chi connectivity index (χ0n) is 28.0. The molecule has 268 valence electrons. The van der Waals surface area contributed by atoms with E-state index < -0.39 is 71.3 Å². The minimum absolute atomic E-state index is 0.108. The van der Waals surface area contributed by atoms with Crippen LogP contribution in [0.25, 0.3) is 22.0 Å². The van der Waals surface area contributed by atoms with Crippen molar-refractivity contribution in [1.29, 1.82) is 0 Å². The summed E-state index contributed by atoms with van der Waals surface area (Å²) >= 11 is 0. The smallest absolute Gasteiger partial charge is 0.297 e. The van der Waals surface area contributed by atoms with Crippen LogP contribution in [-0.2, 0) is 30.7 Å². The number of fused-ring (bicyclic) bond motifs is 4. The number of anilines is 1. The molecule has 1 saturated carbocycles. The van der Waals surface area contributed by atoms with Crippen LogP contribution in [0.2, 0.25) is 0 Å². The van der Waals surface area contributed by atoms with E-state index in [1.54, 1.807) is 42.1 Å². The summed E-state index contributed by atoms with van der Waals surface area (Å²) in [6.07, 6.45) is -3.44. The highest BCUT2D eigenvalue weighted by atomic mass is 19.3. The highest BCUT2D eigenvalue weighted by Crippen LogP contribution is 2.71. The molecule has 2 aromatic carbocycles. The topological polar surface area (TPSA) is 124 Å². The van der Waals surface area contributed by atoms with Crippen molar-refractivity contribution in [2.45, 2.75) is 56.7 Å². The average Bonchev–Trinajstić information content (AvgIpc) is 3.30. The van der Waals surface area contributed by atoms with Gasteiger partial charge in [0.05, 0.1) is 23.2 Å². The summed E-state index contributed by atoms with van der Waals surface area (Å²) in [5.41, 5.74) is 4.95. The lowest BCUT2D eigenvalue weighted by molar-refractivity contribution is -0.122. The van der Waals surface area contributed by atoms with Crippen LogP contribution in [0.5, 0.6) is 0 Å². The summed E-state index contributed by atoms with van der Waals surface area (Å²) in [6.45, 7) is 5.66. The molecule has 52 heavy (non-hydrogen) atoms. The molecule has 0 aliphatic heterocycles. The fourth-order valence-corrected chi connectivity index (χ4v) is 7.08. The van der Waals surface area contributed by atoms with Gasteiger partial charge in [-0.2, -0.15) is 19.0 Å². The number of carbonyl (C=O) groups is 1. The van der Waals surface area contributed by atoms with Gasteiger partial charge in [0.1, 0.15) is 40.9 Å². The zero-order valence-corrected chi connectivity index (χ0v) is 28.0. The summed E-state index contributed by atoms with van der Waals surface area (Å²) in [7, 11) is 1.68. The van der Waals surface area contributed by atoms with Crippen molar-refractivity contribution in [3.05, 3.63) is 106 Å². The van der Waals surface area contributed by atoms with E-state index >= 15 is 8.78 Å². The lowest BCUT2D eigenvalue weighted by Crippen LogP contribution is -2.35. The molecule has 0 bridgehead atoms. The number of aromatic nitrogens is 5. The second-order valence-corrected chi connectivity index (χ2v) is 13.5. The zero-order chi connectivity index (χ0) is 37.4. The summed E-state index contributed by atoms with van der Waals surface area (Å²) in [5.74, 6) is -2.91. The average molecular weight is 720 g/mol. The first-order chi connectivity index (χ1) is 24.4. The molecule has 7 rings (SSSR count). The monoisotopic (exact) mass is 719 g/mol. The fraction of sp³-hybridized carbons (Fsp3) is 0.297. The van der Waals surface area contributed by atoms with Crippen LogP contribution in [0.3, 0.4) is 0 Å². The molecule has 3 atom stereocenters. The van der Waals surface area contributed by atoms with Crippen LogP contribution >= 0.6 is 0 Å². The van der Waals surface area contributed by atoms with E-state index in [2.05, 4.69) is 33.9 Å². The molecule has 5 aromatic rings. The maximum absolute atomic E-state index is 15.5. The number of nitrogens with zero attached hydrogens (tertiary/aromatic N) is 5. The number of rotatable bonds is 8. The fourth-order valence-electron chi connectivity index (χ4n) is 7.08. The number of halogens is 6. The van der Waals surface area contributed by atoms with E-state index in [0.717, 1.165) is 12.1 Å². The largest absolute Gasteiger partial charge is 0.382 e. The van der Waals surface area contributed by atoms with Gasteiger partial charge in [0.15, 0.2) is 5.82 Å². The predicted molar refractivity (Wildman–Crippen MR) is 179 cm³/mol. The van der Waals surface area contributed by atoms with Crippen molar-refractivity contribution in [2.75, 3.05) is 5.73 Å². The second-order valence-electron chi connectivity index (χ2n) is 13.5. The van der Waals surface area contributed by atoms with Gasteiger partial charge in [0.25, 0.3) is 12.3 Å². The Balaban J connectivity index is 1.36. The molecule has 0 spiro atoms. The number of amides is 1. The number of pyridine rings is 1. The molecule has 2 aliphatic carbocycles. The lowest BCUT2D eigenvalue weighted by Gasteiger charge is -2.23. The number of benzene rings is 2. The molecule has 0 radical (unpaired) electrons. The number of carbonyl (C=O) groups excluding carboxylic acids is 1. The van der Waals surface area contributed by atoms with Crippen LogP contribution in [0, 0.1) is 29.4 Å². The minimum Gasteiger partial charge on any atom is -0.382 e. The number of aliphatic hydroxyl groups is 1. The number of allylic oxidation sites excluding steroid dienone is 1. The maximum atomic E-state index is 15.5. The first-order valence-corrected chi connectivity index (χ1v) is 16.1. The Morgan fingerprint density at radius 3 is 2.48 bits per heavy atom. The van der Waals surface area contributed by atoms with Crippen molar-refractivity contribution in [2.24, 2.45) is 13.0 Å². The molecule has 3 aromatic heterocycles. The van der Waals surface area contributed by atoms with Gasteiger partial charge in [0, 0.05) is 41.1 Å². The minimum atomic E-state index is -3.58. The summed E-state index contributed by atoms with van der Waals surface area (Å²) in [6, 6.07) is 10.1. The Kier molecular flexibility index (Phi) is 8.21. The van der Waals surface area contributed by atoms with Gasteiger partial charge in [-0.05, 0) is 62.1 Å². The number of nitrogen functional groups attached to an aromatic ring is 1. The predicted octanol–water partition coefficient (Wildman–Crippen LogP) is 6.23. The molecular weight excluding hydrogens is 688 g/mol. The van der Waals surface area contributed by atoms with Crippen molar-refractivity contribution in [3.8, 4) is 23.0 Å². The highest BCUT2D eigenvalue weighted by Gasteiger charge is 2.70. The molecule has 9 nitrogen and oxygen atoms in total. The van der Waals surface area contributed by atoms with Gasteiger partial charge in [0.2, 0.25) is 5.91 Å². The molecular formula is C37H31F6N7O2. The van der Waals surface area contributed by atoms with Crippen LogP contribution < -0.4 is 11.1 Å². The number of hydrogen-bond donors (Lipinski definition) is 3. The number of alkyl halides is 4. The first-order valence-electron chi connectivity index (χ1n) is 16.1. The number of aryl methyl sites for hydroxylation is 1. The molecule has 3 heterocycles. The molecule has 3 unspecified atom stereocenters. The van der Waals surface area contributed by atoms with Crippen LogP contribution in [-0.4, -0.2) is 41.2 Å². The van der Waals surface area contributed by atoms with E-state index in [9.17, 15) is 27.5 Å². The molecule has 15 heteroatoms. The number of nitrogens with one attached hydrogen (secondary N) is 1. The third kappa shape index (κ3) is 6.06. The Hall–Kier alpha value is -5.62. The van der Waals surface area contributed by atoms with E-state index in [0.29, 0.717) is 32.8 Å². The highest BCUT2D eigenvalue weighted by molar-refractivity contribution is 6.00. The molecule has 2 aliphatic rings. The van der Waals surface area contributed by atoms with Crippen molar-refractivity contribution in [1.82, 2.24) is 29.9 Å². The van der Waals surface area contributed by atoms with Gasteiger partial charge in [-0.3, -0.25) is 14.2 Å². The first kappa shape index (κ1) is 34.8. The van der Waals surface area contributed by atoms with E-state index in [4.69, 9.17) is 10.7 Å². The molecule has 1 amide bonds. The van der Waals surface area contributed by atoms with Crippen molar-refractivity contribution in [3.63, 3.8) is 0 Å². The third-order valence-corrected chi connectivity index (χ3v) is 9.19. The van der Waals surface area contributed by atoms with Gasteiger partial charge >= 0.3 is 0 Å². The third-order valence-electron chi connectivity index (χ3n) is 9.19. The van der Waals surface area contributed by atoms with Gasteiger partial charge in [-0.1, -0.05) is 30.2 Å². The van der Waals surface area contributed by atoms with Gasteiger partial charge < -0.3 is 16.2 Å². The molecule has 0 saturated heterocycles. The summed E-state index contributed by atoms with van der Waals surface area (Å²) in [5, 5.41) is 21.7. The Morgan fingerprint density at radius 1 is 1.10 bits per heavy atom. The van der Waals surface area contributed by atoms with Crippen LogP contribution in [0.4, 0.5) is 32.2 Å². The Morgan fingerprint density at radius 2 is 1.81 bits per heavy atom. The van der Waals surface area contributed by atoms with Crippen molar-refractivity contribution >= 4 is 22.6 Å². The van der Waals surface area contributed by atoms with E-state index in [-0.39, 0.29) is 40.3 Å². The normalized spacial score (nSPS) is 17.9. The number of nitrogens with two attached hydrogens (primary N) is 1. The quantitative estimate of drug-likeness (QED) is 0.0994. The van der Waals surface area contributed by atoms with E-state index in [1.807, 2.05) is 0 Å². The van der Waals surface area contributed by atoms with Crippen molar-refractivity contribution < 1.29 is 36.2 Å². The second kappa shape index (κ2) is 12.3. The lowest BCUT2D eigenvalue weighted by atomic mass is 9.93. The summed E-state index contributed by atoms with van der Waals surface area (Å²) in [4.78, 5) is 18.6. The molecule has 4 N–H and O–H groups in total. The Labute approximate surface area is 293 Å². The van der Waals surface area contributed by atoms with Crippen LogP contribution in [0.15, 0.2) is 60.7 Å². The number of hydrogen-bond acceptors (Lipinski definition) is 6. The van der Waals surface area contributed by atoms with E-state index in [1.165, 1.54) is 13.8 Å². The summed E-state index contributed by atoms with van der Waals surface area (Å²) < 4.78 is 90.1. The van der Waals surface area contributed by atoms with Gasteiger partial charge in [-0.25, -0.2) is 22.5 Å². The van der Waals surface area contributed by atoms with Crippen LogP contribution in [0.1, 0.15) is 66.1 Å². The maximum Gasteiger partial charge on any atom is 0.297 e. The van der Waals surface area contributed by atoms with Gasteiger partial charge in [-0.15, -0.1) is 0 Å². The standard InChI is InChI=1S/C37H31F6N7O2/c1-17-27-28-31(34(40)41)47-50(33(28)37(42,43)29(17)27)16-26(51)46-25(14-18-12-19(38)15-20(39)13-18)30-22(9-8-21(45-30)10-11-36(2,3)52)23-6-5-7-24-32(23)49(4)48-35(24)44/h5-9,12-13,15,25,27,29,34,52H,1,14,16H2,2-4H3,(H2,44,48)(H,46,51). The Bertz CT molecular complexity index is 2350. The molecule has 1 fully saturated rings.